The highest BCUT2D eigenvalue weighted by molar-refractivity contribution is 5.86. The molecule has 0 saturated heterocycles. The van der Waals surface area contributed by atoms with Crippen molar-refractivity contribution in [3.8, 4) is 0 Å². The predicted molar refractivity (Wildman–Crippen MR) is 108 cm³/mol. The smallest absolute Gasteiger partial charge is 0.326 e. The van der Waals surface area contributed by atoms with Crippen molar-refractivity contribution in [3.05, 3.63) is 0 Å². The summed E-state index contributed by atoms with van der Waals surface area (Å²) >= 11 is 0. The second-order valence-electron chi connectivity index (χ2n) is 8.91. The van der Waals surface area contributed by atoms with Crippen LogP contribution in [0.4, 0.5) is 0 Å². The molecule has 0 aromatic rings. The van der Waals surface area contributed by atoms with E-state index in [2.05, 4.69) is 4.74 Å². The maximum atomic E-state index is 12.6. The summed E-state index contributed by atoms with van der Waals surface area (Å²) in [6.07, 6.45) is 3.40. The van der Waals surface area contributed by atoms with E-state index < -0.39 is 23.1 Å². The number of hydrogen-bond acceptors (Lipinski definition) is 7. The topological polar surface area (TPSA) is 99.2 Å². The van der Waals surface area contributed by atoms with Crippen molar-refractivity contribution >= 4 is 23.8 Å². The summed E-state index contributed by atoms with van der Waals surface area (Å²) in [6.45, 7) is 9.80. The standard InChI is InChI=1S/C21H37NO7/c1-20(2,3)28-18(25)14-22(15-19(26)29-21(4,5)6)16(23)12-10-8-9-11-13-17(24)27-7/h8-15H2,1-7H3. The normalized spacial score (nSPS) is 11.6. The van der Waals surface area contributed by atoms with Crippen LogP contribution in [0.5, 0.6) is 0 Å². The van der Waals surface area contributed by atoms with E-state index >= 15 is 0 Å². The van der Waals surface area contributed by atoms with Crippen LogP contribution in [0.2, 0.25) is 0 Å². The summed E-state index contributed by atoms with van der Waals surface area (Å²) in [6, 6.07) is 0. The van der Waals surface area contributed by atoms with Crippen LogP contribution in [0.1, 0.15) is 80.1 Å². The largest absolute Gasteiger partial charge is 0.469 e. The molecule has 0 aliphatic heterocycles. The fraction of sp³-hybridized carbons (Fsp3) is 0.810. The van der Waals surface area contributed by atoms with Crippen LogP contribution < -0.4 is 0 Å². The third-order valence-corrected chi connectivity index (χ3v) is 3.58. The Balaban J connectivity index is 4.69. The number of nitrogens with zero attached hydrogens (tertiary/aromatic N) is 1. The van der Waals surface area contributed by atoms with Crippen LogP contribution in [0.25, 0.3) is 0 Å². The van der Waals surface area contributed by atoms with E-state index in [1.807, 2.05) is 0 Å². The molecular formula is C21H37NO7. The molecule has 0 N–H and O–H groups in total. The van der Waals surface area contributed by atoms with Gasteiger partial charge in [-0.2, -0.15) is 0 Å². The van der Waals surface area contributed by atoms with Crippen molar-refractivity contribution in [2.24, 2.45) is 0 Å². The van der Waals surface area contributed by atoms with Crippen molar-refractivity contribution in [2.75, 3.05) is 20.2 Å². The molecule has 168 valence electrons. The number of esters is 3. The Morgan fingerprint density at radius 3 is 1.45 bits per heavy atom. The molecule has 0 unspecified atom stereocenters. The highest BCUT2D eigenvalue weighted by Crippen LogP contribution is 2.12. The molecule has 8 nitrogen and oxygen atoms in total. The van der Waals surface area contributed by atoms with Crippen LogP contribution in [0, 0.1) is 0 Å². The van der Waals surface area contributed by atoms with Crippen LogP contribution >= 0.6 is 0 Å². The molecule has 29 heavy (non-hydrogen) atoms. The van der Waals surface area contributed by atoms with E-state index in [9.17, 15) is 19.2 Å². The van der Waals surface area contributed by atoms with Gasteiger partial charge in [-0.15, -0.1) is 0 Å². The highest BCUT2D eigenvalue weighted by Gasteiger charge is 2.26. The van der Waals surface area contributed by atoms with Gasteiger partial charge in [0.1, 0.15) is 24.3 Å². The van der Waals surface area contributed by atoms with Gasteiger partial charge >= 0.3 is 17.9 Å². The SMILES string of the molecule is COC(=O)CCCCCCC(=O)N(CC(=O)OC(C)(C)C)CC(=O)OC(C)(C)C. The molecule has 8 heteroatoms. The number of ether oxygens (including phenoxy) is 3. The van der Waals surface area contributed by atoms with Gasteiger partial charge in [0.05, 0.1) is 7.11 Å². The zero-order valence-electron chi connectivity index (χ0n) is 19.0. The Hall–Kier alpha value is -2.12. The number of unbranched alkanes of at least 4 members (excludes halogenated alkanes) is 3. The van der Waals surface area contributed by atoms with E-state index in [1.165, 1.54) is 12.0 Å². The quantitative estimate of drug-likeness (QED) is 0.290. The molecule has 0 fully saturated rings. The Kier molecular flexibility index (Phi) is 11.5. The lowest BCUT2D eigenvalue weighted by molar-refractivity contribution is -0.163. The van der Waals surface area contributed by atoms with E-state index in [0.29, 0.717) is 19.3 Å². The van der Waals surface area contributed by atoms with Gasteiger partial charge in [-0.25, -0.2) is 0 Å². The monoisotopic (exact) mass is 415 g/mol. The summed E-state index contributed by atoms with van der Waals surface area (Å²) in [7, 11) is 1.35. The molecule has 0 atom stereocenters. The van der Waals surface area contributed by atoms with Crippen molar-refractivity contribution in [2.45, 2.75) is 91.3 Å². The average Bonchev–Trinajstić information content (AvgIpc) is 2.53. The van der Waals surface area contributed by atoms with Gasteiger partial charge in [-0.1, -0.05) is 12.8 Å². The predicted octanol–water partition coefficient (Wildman–Crippen LogP) is 3.01. The van der Waals surface area contributed by atoms with E-state index in [0.717, 1.165) is 12.8 Å². The van der Waals surface area contributed by atoms with Crippen LogP contribution in [-0.4, -0.2) is 60.1 Å². The van der Waals surface area contributed by atoms with E-state index in [1.54, 1.807) is 41.5 Å². The fourth-order valence-electron chi connectivity index (χ4n) is 2.45. The molecule has 0 aromatic heterocycles. The molecule has 0 aliphatic carbocycles. The Bertz CT molecular complexity index is 528. The maximum Gasteiger partial charge on any atom is 0.326 e. The molecule has 0 aromatic carbocycles. The number of carbonyl (C=O) groups excluding carboxylic acids is 4. The lowest BCUT2D eigenvalue weighted by Crippen LogP contribution is -2.43. The summed E-state index contributed by atoms with van der Waals surface area (Å²) in [5.74, 6) is -1.71. The van der Waals surface area contributed by atoms with E-state index in [-0.39, 0.29) is 31.4 Å². The second kappa shape index (κ2) is 12.4. The molecule has 0 rings (SSSR count). The highest BCUT2D eigenvalue weighted by atomic mass is 16.6. The van der Waals surface area contributed by atoms with Gasteiger partial charge in [0.25, 0.3) is 0 Å². The third kappa shape index (κ3) is 15.5. The number of amides is 1. The summed E-state index contributed by atoms with van der Waals surface area (Å²) in [4.78, 5) is 49.1. The second-order valence-corrected chi connectivity index (χ2v) is 8.91. The van der Waals surface area contributed by atoms with Crippen LogP contribution in [-0.2, 0) is 33.4 Å². The molecule has 0 heterocycles. The summed E-state index contributed by atoms with van der Waals surface area (Å²) in [5.41, 5.74) is -1.37. The molecule has 0 bridgehead atoms. The number of rotatable bonds is 11. The van der Waals surface area contributed by atoms with Crippen LogP contribution in [0.15, 0.2) is 0 Å². The summed E-state index contributed by atoms with van der Waals surface area (Å²) in [5, 5.41) is 0. The van der Waals surface area contributed by atoms with Crippen LogP contribution in [0.3, 0.4) is 0 Å². The number of methoxy groups -OCH3 is 1. The van der Waals surface area contributed by atoms with Crippen molar-refractivity contribution in [1.82, 2.24) is 4.90 Å². The summed E-state index contributed by atoms with van der Waals surface area (Å²) < 4.78 is 15.1. The zero-order valence-corrected chi connectivity index (χ0v) is 19.0. The zero-order chi connectivity index (χ0) is 22.7. The minimum atomic E-state index is -0.683. The Labute approximate surface area is 174 Å². The van der Waals surface area contributed by atoms with Crippen molar-refractivity contribution in [3.63, 3.8) is 0 Å². The third-order valence-electron chi connectivity index (χ3n) is 3.58. The molecule has 0 spiro atoms. The first-order chi connectivity index (χ1) is 13.2. The lowest BCUT2D eigenvalue weighted by atomic mass is 10.1. The van der Waals surface area contributed by atoms with Gasteiger partial charge in [0, 0.05) is 12.8 Å². The minimum Gasteiger partial charge on any atom is -0.469 e. The van der Waals surface area contributed by atoms with E-state index in [4.69, 9.17) is 9.47 Å². The van der Waals surface area contributed by atoms with Crippen molar-refractivity contribution < 1.29 is 33.4 Å². The molecule has 0 saturated carbocycles. The molecule has 0 aliphatic rings. The van der Waals surface area contributed by atoms with Gasteiger partial charge < -0.3 is 19.1 Å². The van der Waals surface area contributed by atoms with Crippen molar-refractivity contribution in [1.29, 1.82) is 0 Å². The lowest BCUT2D eigenvalue weighted by Gasteiger charge is -2.26. The fourth-order valence-corrected chi connectivity index (χ4v) is 2.45. The minimum absolute atomic E-state index is 0.198. The first-order valence-electron chi connectivity index (χ1n) is 10.0. The molecule has 0 radical (unpaired) electrons. The number of hydrogen-bond donors (Lipinski definition) is 0. The maximum absolute atomic E-state index is 12.6. The van der Waals surface area contributed by atoms with Gasteiger partial charge in [0.15, 0.2) is 0 Å². The first-order valence-corrected chi connectivity index (χ1v) is 10.0. The molecular weight excluding hydrogens is 378 g/mol. The molecule has 1 amide bonds. The van der Waals surface area contributed by atoms with Gasteiger partial charge in [0.2, 0.25) is 5.91 Å². The average molecular weight is 416 g/mol. The van der Waals surface area contributed by atoms with Gasteiger partial charge in [-0.05, 0) is 54.4 Å². The van der Waals surface area contributed by atoms with Gasteiger partial charge in [-0.3, -0.25) is 19.2 Å². The Morgan fingerprint density at radius 2 is 1.07 bits per heavy atom. The number of carbonyl (C=O) groups is 4. The first kappa shape index (κ1) is 26.9. The Morgan fingerprint density at radius 1 is 0.655 bits per heavy atom.